The molecule has 5 heteroatoms. The fourth-order valence-corrected chi connectivity index (χ4v) is 2.06. The van der Waals surface area contributed by atoms with Gasteiger partial charge in [0.15, 0.2) is 0 Å². The molecule has 0 fully saturated rings. The van der Waals surface area contributed by atoms with Crippen molar-refractivity contribution in [3.05, 3.63) is 26.8 Å². The average Bonchev–Trinajstić information content (AvgIpc) is 2.02. The first-order valence-corrected chi connectivity index (χ1v) is 4.74. The molecule has 13 heavy (non-hydrogen) atoms. The van der Waals surface area contributed by atoms with Gasteiger partial charge >= 0.3 is 5.97 Å². The van der Waals surface area contributed by atoms with E-state index >= 15 is 0 Å². The summed E-state index contributed by atoms with van der Waals surface area (Å²) in [6, 6.07) is 4.90. The molecule has 0 atom stereocenters. The highest BCUT2D eigenvalue weighted by molar-refractivity contribution is 14.1. The van der Waals surface area contributed by atoms with Gasteiger partial charge in [-0.25, -0.2) is 4.79 Å². The fraction of sp³-hybridized carbons (Fsp3) is 0. The Labute approximate surface area is 93.9 Å². The Morgan fingerprint density at radius 1 is 1.62 bits per heavy atom. The number of nitriles is 1. The normalized spacial score (nSPS) is 9.31. The van der Waals surface area contributed by atoms with Crippen LogP contribution in [0.5, 0.6) is 0 Å². The van der Waals surface area contributed by atoms with Crippen molar-refractivity contribution in [2.75, 3.05) is 0 Å². The predicted molar refractivity (Wildman–Crippen MR) is 58.1 cm³/mol. The van der Waals surface area contributed by atoms with E-state index in [9.17, 15) is 4.79 Å². The fourth-order valence-electron chi connectivity index (χ4n) is 0.879. The predicted octanol–water partition coefficient (Wildman–Crippen LogP) is 2.15. The summed E-state index contributed by atoms with van der Waals surface area (Å²) in [4.78, 5) is 11.1. The summed E-state index contributed by atoms with van der Waals surface area (Å²) in [6.45, 7) is 0. The molecule has 0 saturated heterocycles. The maximum Gasteiger partial charge on any atom is 0.337 e. The highest BCUT2D eigenvalue weighted by Gasteiger charge is 2.13. The van der Waals surface area contributed by atoms with Crippen molar-refractivity contribution in [2.24, 2.45) is 0 Å². The molecular formula is C8H4INO2S. The van der Waals surface area contributed by atoms with E-state index < -0.39 is 5.97 Å². The number of thiol groups is 1. The molecule has 0 aliphatic heterocycles. The molecule has 0 bridgehead atoms. The molecule has 1 aromatic rings. The van der Waals surface area contributed by atoms with Crippen LogP contribution in [-0.4, -0.2) is 11.1 Å². The Kier molecular flexibility index (Phi) is 3.17. The number of carbonyl (C=O) groups is 1. The Hall–Kier alpha value is -0.740. The van der Waals surface area contributed by atoms with Gasteiger partial charge < -0.3 is 5.11 Å². The van der Waals surface area contributed by atoms with Crippen LogP contribution in [0.2, 0.25) is 0 Å². The zero-order chi connectivity index (χ0) is 10.0. The summed E-state index contributed by atoms with van der Waals surface area (Å²) in [5.41, 5.74) is 0.107. The molecule has 0 aromatic heterocycles. The molecular weight excluding hydrogens is 301 g/mol. The van der Waals surface area contributed by atoms with E-state index in [1.54, 1.807) is 6.07 Å². The molecule has 0 saturated carbocycles. The zero-order valence-electron chi connectivity index (χ0n) is 6.28. The number of aromatic carboxylic acids is 1. The third-order valence-corrected chi connectivity index (χ3v) is 2.40. The van der Waals surface area contributed by atoms with Crippen molar-refractivity contribution in [1.82, 2.24) is 0 Å². The number of nitrogens with zero attached hydrogens (tertiary/aromatic N) is 1. The van der Waals surface area contributed by atoms with Crippen molar-refractivity contribution in [3.63, 3.8) is 0 Å². The van der Waals surface area contributed by atoms with Crippen LogP contribution < -0.4 is 0 Å². The Balaban J connectivity index is 3.50. The molecule has 1 rings (SSSR count). The van der Waals surface area contributed by atoms with Gasteiger partial charge in [0.25, 0.3) is 0 Å². The maximum atomic E-state index is 10.7. The van der Waals surface area contributed by atoms with E-state index in [1.807, 2.05) is 28.7 Å². The quantitative estimate of drug-likeness (QED) is 0.617. The van der Waals surface area contributed by atoms with E-state index in [0.717, 1.165) is 3.57 Å². The van der Waals surface area contributed by atoms with Crippen LogP contribution in [-0.2, 0) is 0 Å². The number of hydrogen-bond acceptors (Lipinski definition) is 3. The molecule has 0 amide bonds. The van der Waals surface area contributed by atoms with Crippen LogP contribution in [0.15, 0.2) is 17.0 Å². The van der Waals surface area contributed by atoms with Crippen molar-refractivity contribution in [1.29, 1.82) is 5.26 Å². The minimum atomic E-state index is -1.11. The van der Waals surface area contributed by atoms with Gasteiger partial charge in [0.05, 0.1) is 11.1 Å². The first-order chi connectivity index (χ1) is 6.06. The van der Waals surface area contributed by atoms with Gasteiger partial charge in [0.1, 0.15) is 6.07 Å². The molecule has 0 aliphatic rings. The Bertz CT molecular complexity index is 411. The SMILES string of the molecule is N#Cc1c(S)cc(I)cc1C(=O)O. The summed E-state index contributed by atoms with van der Waals surface area (Å²) in [6.07, 6.45) is 0. The monoisotopic (exact) mass is 305 g/mol. The topological polar surface area (TPSA) is 61.1 Å². The van der Waals surface area contributed by atoms with E-state index in [2.05, 4.69) is 12.6 Å². The zero-order valence-corrected chi connectivity index (χ0v) is 9.33. The van der Waals surface area contributed by atoms with Gasteiger partial charge in [0, 0.05) is 8.47 Å². The van der Waals surface area contributed by atoms with Crippen LogP contribution in [0.25, 0.3) is 0 Å². The number of carboxylic acids is 1. The van der Waals surface area contributed by atoms with Gasteiger partial charge in [-0.15, -0.1) is 12.6 Å². The van der Waals surface area contributed by atoms with Gasteiger partial charge in [-0.1, -0.05) is 0 Å². The smallest absolute Gasteiger partial charge is 0.337 e. The summed E-state index contributed by atoms with van der Waals surface area (Å²) in [7, 11) is 0. The van der Waals surface area contributed by atoms with E-state index in [-0.39, 0.29) is 11.1 Å². The third-order valence-electron chi connectivity index (χ3n) is 1.42. The summed E-state index contributed by atoms with van der Waals surface area (Å²) in [5.74, 6) is -1.11. The Morgan fingerprint density at radius 2 is 2.23 bits per heavy atom. The van der Waals surface area contributed by atoms with Crippen LogP contribution in [0, 0.1) is 14.9 Å². The standard InChI is InChI=1S/C8H4INO2S/c9-4-1-5(8(11)12)6(3-10)7(13)2-4/h1-2,13H,(H,11,12). The Morgan fingerprint density at radius 3 is 2.69 bits per heavy atom. The van der Waals surface area contributed by atoms with Gasteiger partial charge in [-0.2, -0.15) is 5.26 Å². The molecule has 1 aromatic carbocycles. The lowest BCUT2D eigenvalue weighted by atomic mass is 10.1. The van der Waals surface area contributed by atoms with Crippen LogP contribution in [0.3, 0.4) is 0 Å². The van der Waals surface area contributed by atoms with Crippen molar-refractivity contribution < 1.29 is 9.90 Å². The first kappa shape index (κ1) is 10.3. The number of halogens is 1. The highest BCUT2D eigenvalue weighted by Crippen LogP contribution is 2.21. The van der Waals surface area contributed by atoms with Crippen LogP contribution in [0.4, 0.5) is 0 Å². The lowest BCUT2D eigenvalue weighted by Gasteiger charge is -2.01. The van der Waals surface area contributed by atoms with E-state index in [0.29, 0.717) is 4.90 Å². The molecule has 0 unspecified atom stereocenters. The molecule has 66 valence electrons. The van der Waals surface area contributed by atoms with Crippen LogP contribution in [0.1, 0.15) is 15.9 Å². The van der Waals surface area contributed by atoms with Gasteiger partial charge in [-0.05, 0) is 34.7 Å². The molecule has 0 spiro atoms. The van der Waals surface area contributed by atoms with Crippen molar-refractivity contribution in [3.8, 4) is 6.07 Å². The lowest BCUT2D eigenvalue weighted by Crippen LogP contribution is -2.01. The minimum absolute atomic E-state index is 0.000556. The first-order valence-electron chi connectivity index (χ1n) is 3.22. The summed E-state index contributed by atoms with van der Waals surface area (Å²) < 4.78 is 0.749. The van der Waals surface area contributed by atoms with Crippen LogP contribution >= 0.6 is 35.2 Å². The summed E-state index contributed by atoms with van der Waals surface area (Å²) >= 11 is 6.00. The molecule has 1 N–H and O–H groups in total. The van der Waals surface area contributed by atoms with E-state index in [4.69, 9.17) is 10.4 Å². The second-order valence-corrected chi connectivity index (χ2v) is 3.99. The average molecular weight is 305 g/mol. The maximum absolute atomic E-state index is 10.7. The lowest BCUT2D eigenvalue weighted by molar-refractivity contribution is 0.0696. The number of carboxylic acid groups (broad SMARTS) is 1. The molecule has 0 radical (unpaired) electrons. The number of rotatable bonds is 1. The minimum Gasteiger partial charge on any atom is -0.478 e. The molecule has 0 aliphatic carbocycles. The highest BCUT2D eigenvalue weighted by atomic mass is 127. The molecule has 0 heterocycles. The second-order valence-electron chi connectivity index (χ2n) is 2.26. The third kappa shape index (κ3) is 2.14. The second kappa shape index (κ2) is 3.98. The largest absolute Gasteiger partial charge is 0.478 e. The van der Waals surface area contributed by atoms with Crippen molar-refractivity contribution in [2.45, 2.75) is 4.90 Å². The van der Waals surface area contributed by atoms with Gasteiger partial charge in [-0.3, -0.25) is 0 Å². The van der Waals surface area contributed by atoms with Crippen molar-refractivity contribution >= 4 is 41.2 Å². The number of benzene rings is 1. The molecule has 3 nitrogen and oxygen atoms in total. The summed E-state index contributed by atoms with van der Waals surface area (Å²) in [5, 5.41) is 17.4. The van der Waals surface area contributed by atoms with E-state index in [1.165, 1.54) is 6.07 Å². The number of hydrogen-bond donors (Lipinski definition) is 2. The van der Waals surface area contributed by atoms with Gasteiger partial charge in [0.2, 0.25) is 0 Å².